The highest BCUT2D eigenvalue weighted by molar-refractivity contribution is 5.90. The van der Waals surface area contributed by atoms with Crippen LogP contribution in [0.3, 0.4) is 0 Å². The second-order valence-corrected chi connectivity index (χ2v) is 6.32. The van der Waals surface area contributed by atoms with Crippen LogP contribution in [0.15, 0.2) is 48.5 Å². The van der Waals surface area contributed by atoms with Gasteiger partial charge in [0.05, 0.1) is 0 Å². The van der Waals surface area contributed by atoms with Crippen LogP contribution in [0.25, 0.3) is 0 Å². The molecule has 0 atom stereocenters. The van der Waals surface area contributed by atoms with E-state index in [9.17, 15) is 9.59 Å². The molecule has 0 aliphatic carbocycles. The van der Waals surface area contributed by atoms with Crippen molar-refractivity contribution in [2.24, 2.45) is 0 Å². The molecule has 0 saturated carbocycles. The van der Waals surface area contributed by atoms with Crippen LogP contribution in [0.1, 0.15) is 24.5 Å². The number of amides is 2. The lowest BCUT2D eigenvalue weighted by molar-refractivity contribution is -0.130. The molecule has 0 spiro atoms. The van der Waals surface area contributed by atoms with Gasteiger partial charge in [0.1, 0.15) is 5.75 Å². The molecule has 0 bridgehead atoms. The van der Waals surface area contributed by atoms with Crippen molar-refractivity contribution in [2.75, 3.05) is 26.0 Å². The molecule has 0 aliphatic rings. The lowest BCUT2D eigenvalue weighted by atomic mass is 10.1. The Morgan fingerprint density at radius 1 is 0.962 bits per heavy atom. The van der Waals surface area contributed by atoms with Crippen molar-refractivity contribution in [3.8, 4) is 5.75 Å². The quantitative estimate of drug-likeness (QED) is 0.791. The zero-order valence-corrected chi connectivity index (χ0v) is 15.6. The average Bonchev–Trinajstić information content (AvgIpc) is 2.65. The summed E-state index contributed by atoms with van der Waals surface area (Å²) in [6.07, 6.45) is 2.16. The summed E-state index contributed by atoms with van der Waals surface area (Å²) in [6.45, 7) is 2.12. The van der Waals surface area contributed by atoms with E-state index in [1.54, 1.807) is 38.4 Å². The summed E-state index contributed by atoms with van der Waals surface area (Å²) in [5.74, 6) is 0.463. The van der Waals surface area contributed by atoms with Crippen molar-refractivity contribution < 1.29 is 14.3 Å². The van der Waals surface area contributed by atoms with Crippen molar-refractivity contribution in [3.05, 3.63) is 59.7 Å². The summed E-state index contributed by atoms with van der Waals surface area (Å²) < 4.78 is 5.41. The number of nitrogens with zero attached hydrogens (tertiary/aromatic N) is 1. The Hall–Kier alpha value is -2.82. The predicted molar refractivity (Wildman–Crippen MR) is 103 cm³/mol. The largest absolute Gasteiger partial charge is 0.484 e. The third-order valence-electron chi connectivity index (χ3n) is 4.07. The molecule has 0 heterocycles. The minimum absolute atomic E-state index is 0.00444. The van der Waals surface area contributed by atoms with Crippen molar-refractivity contribution in [3.63, 3.8) is 0 Å². The second-order valence-electron chi connectivity index (χ2n) is 6.32. The number of hydrogen-bond donors (Lipinski definition) is 1. The van der Waals surface area contributed by atoms with Crippen LogP contribution in [0.5, 0.6) is 5.75 Å². The molecule has 2 aromatic rings. The van der Waals surface area contributed by atoms with Crippen LogP contribution in [-0.4, -0.2) is 37.4 Å². The first kappa shape index (κ1) is 19.5. The van der Waals surface area contributed by atoms with Crippen LogP contribution < -0.4 is 10.1 Å². The molecule has 2 rings (SSSR count). The molecule has 0 fully saturated rings. The molecule has 138 valence electrons. The maximum Gasteiger partial charge on any atom is 0.259 e. The van der Waals surface area contributed by atoms with Crippen LogP contribution in [0.2, 0.25) is 0 Å². The highest BCUT2D eigenvalue weighted by atomic mass is 16.5. The normalized spacial score (nSPS) is 10.3. The van der Waals surface area contributed by atoms with Crippen molar-refractivity contribution in [2.45, 2.75) is 26.2 Å². The Kier molecular flexibility index (Phi) is 7.21. The van der Waals surface area contributed by atoms with Gasteiger partial charge in [0.25, 0.3) is 5.91 Å². The lowest BCUT2D eigenvalue weighted by Gasteiger charge is -2.11. The van der Waals surface area contributed by atoms with Crippen LogP contribution in [-0.2, 0) is 22.4 Å². The van der Waals surface area contributed by atoms with E-state index in [1.165, 1.54) is 10.5 Å². The number of anilines is 1. The Balaban J connectivity index is 1.78. The zero-order valence-electron chi connectivity index (χ0n) is 15.6. The third-order valence-corrected chi connectivity index (χ3v) is 4.07. The van der Waals surface area contributed by atoms with Gasteiger partial charge in [-0.05, 0) is 48.2 Å². The van der Waals surface area contributed by atoms with Gasteiger partial charge in [-0.1, -0.05) is 31.2 Å². The standard InChI is InChI=1S/C21H26N2O3/c1-4-16-5-7-17(8-6-16)9-14-20(24)22-18-10-12-19(13-11-18)26-15-21(25)23(2)3/h5-8,10-13H,4,9,14-15H2,1-3H3,(H,22,24). The molecular weight excluding hydrogens is 328 g/mol. The Bertz CT molecular complexity index is 722. The van der Waals surface area contributed by atoms with E-state index in [4.69, 9.17) is 4.74 Å². The number of nitrogens with one attached hydrogen (secondary N) is 1. The molecular formula is C21H26N2O3. The minimum Gasteiger partial charge on any atom is -0.484 e. The number of benzene rings is 2. The molecule has 5 heteroatoms. The van der Waals surface area contributed by atoms with Gasteiger partial charge in [-0.3, -0.25) is 9.59 Å². The number of carbonyl (C=O) groups excluding carboxylic acids is 2. The number of ether oxygens (including phenoxy) is 1. The molecule has 5 nitrogen and oxygen atoms in total. The van der Waals surface area contributed by atoms with Gasteiger partial charge in [-0.2, -0.15) is 0 Å². The number of aryl methyl sites for hydroxylation is 2. The maximum absolute atomic E-state index is 12.1. The van der Waals surface area contributed by atoms with Crippen LogP contribution in [0, 0.1) is 0 Å². The van der Waals surface area contributed by atoms with Gasteiger partial charge in [0, 0.05) is 26.2 Å². The van der Waals surface area contributed by atoms with E-state index in [-0.39, 0.29) is 18.4 Å². The Labute approximate surface area is 155 Å². The zero-order chi connectivity index (χ0) is 18.9. The maximum atomic E-state index is 12.1. The van der Waals surface area contributed by atoms with Gasteiger partial charge < -0.3 is 15.0 Å². The summed E-state index contributed by atoms with van der Waals surface area (Å²) in [5.41, 5.74) is 3.17. The van der Waals surface area contributed by atoms with Crippen molar-refractivity contribution in [1.29, 1.82) is 0 Å². The second kappa shape index (κ2) is 9.61. The van der Waals surface area contributed by atoms with E-state index >= 15 is 0 Å². The van der Waals surface area contributed by atoms with Crippen LogP contribution in [0.4, 0.5) is 5.69 Å². The van der Waals surface area contributed by atoms with E-state index < -0.39 is 0 Å². The van der Waals surface area contributed by atoms with E-state index in [1.807, 2.05) is 0 Å². The number of hydrogen-bond acceptors (Lipinski definition) is 3. The number of rotatable bonds is 8. The molecule has 0 unspecified atom stereocenters. The van der Waals surface area contributed by atoms with Gasteiger partial charge in [0.2, 0.25) is 5.91 Å². The predicted octanol–water partition coefficient (Wildman–Crippen LogP) is 3.29. The topological polar surface area (TPSA) is 58.6 Å². The molecule has 1 N–H and O–H groups in total. The molecule has 2 amide bonds. The minimum atomic E-state index is -0.102. The fraction of sp³-hybridized carbons (Fsp3) is 0.333. The molecule has 2 aromatic carbocycles. The number of likely N-dealkylation sites (N-methyl/N-ethyl adjacent to an activating group) is 1. The van der Waals surface area contributed by atoms with E-state index in [0.717, 1.165) is 12.0 Å². The first-order valence-electron chi connectivity index (χ1n) is 8.78. The summed E-state index contributed by atoms with van der Waals surface area (Å²) in [7, 11) is 3.37. The fourth-order valence-electron chi connectivity index (χ4n) is 2.33. The monoisotopic (exact) mass is 354 g/mol. The fourth-order valence-corrected chi connectivity index (χ4v) is 2.33. The average molecular weight is 354 g/mol. The van der Waals surface area contributed by atoms with Gasteiger partial charge >= 0.3 is 0 Å². The Morgan fingerprint density at radius 2 is 1.58 bits per heavy atom. The summed E-state index contributed by atoms with van der Waals surface area (Å²) in [6, 6.07) is 15.4. The van der Waals surface area contributed by atoms with Gasteiger partial charge in [0.15, 0.2) is 6.61 Å². The lowest BCUT2D eigenvalue weighted by Crippen LogP contribution is -2.27. The SMILES string of the molecule is CCc1ccc(CCC(=O)Nc2ccc(OCC(=O)N(C)C)cc2)cc1. The Morgan fingerprint density at radius 3 is 2.15 bits per heavy atom. The summed E-state index contributed by atoms with van der Waals surface area (Å²) >= 11 is 0. The summed E-state index contributed by atoms with van der Waals surface area (Å²) in [4.78, 5) is 25.1. The third kappa shape index (κ3) is 6.24. The van der Waals surface area contributed by atoms with Crippen molar-refractivity contribution in [1.82, 2.24) is 4.90 Å². The van der Waals surface area contributed by atoms with Crippen LogP contribution >= 0.6 is 0 Å². The molecule has 0 radical (unpaired) electrons. The first-order valence-corrected chi connectivity index (χ1v) is 8.78. The highest BCUT2D eigenvalue weighted by Gasteiger charge is 2.06. The van der Waals surface area contributed by atoms with E-state index in [0.29, 0.717) is 24.3 Å². The molecule has 26 heavy (non-hydrogen) atoms. The van der Waals surface area contributed by atoms with E-state index in [2.05, 4.69) is 36.5 Å². The first-order chi connectivity index (χ1) is 12.5. The van der Waals surface area contributed by atoms with Crippen molar-refractivity contribution >= 4 is 17.5 Å². The molecule has 0 saturated heterocycles. The van der Waals surface area contributed by atoms with Gasteiger partial charge in [-0.25, -0.2) is 0 Å². The number of carbonyl (C=O) groups is 2. The highest BCUT2D eigenvalue weighted by Crippen LogP contribution is 2.16. The smallest absolute Gasteiger partial charge is 0.259 e. The molecule has 0 aromatic heterocycles. The molecule has 0 aliphatic heterocycles. The summed E-state index contributed by atoms with van der Waals surface area (Å²) in [5, 5.41) is 2.88. The van der Waals surface area contributed by atoms with Gasteiger partial charge in [-0.15, -0.1) is 0 Å².